The van der Waals surface area contributed by atoms with Crippen LogP contribution < -0.4 is 4.90 Å². The van der Waals surface area contributed by atoms with Gasteiger partial charge in [-0.15, -0.1) is 0 Å². The molecule has 0 spiro atoms. The number of rotatable bonds is 1. The van der Waals surface area contributed by atoms with Gasteiger partial charge in [-0.05, 0) is 0 Å². The van der Waals surface area contributed by atoms with Gasteiger partial charge in [0.1, 0.15) is 6.07 Å². The zero-order chi connectivity index (χ0) is 7.56. The largest absolute Gasteiger partial charge is 0.360 e. The summed E-state index contributed by atoms with van der Waals surface area (Å²) in [6.07, 6.45) is 1.51. The summed E-state index contributed by atoms with van der Waals surface area (Å²) in [4.78, 5) is 8.44. The highest BCUT2D eigenvalue weighted by Gasteiger charge is 2.04. The highest BCUT2D eigenvalue weighted by Crippen LogP contribution is 2.09. The van der Waals surface area contributed by atoms with Crippen molar-refractivity contribution >= 4 is 5.82 Å². The fourth-order valence-electron chi connectivity index (χ4n) is 0.708. The van der Waals surface area contributed by atoms with Gasteiger partial charge in [-0.3, -0.25) is 0 Å². The molecule has 0 unspecified atom stereocenters. The van der Waals surface area contributed by atoms with Crippen molar-refractivity contribution in [2.24, 2.45) is 0 Å². The lowest BCUT2D eigenvalue weighted by molar-refractivity contribution is 1.08. The molecule has 0 aromatic carbocycles. The Morgan fingerprint density at radius 3 is 2.80 bits per heavy atom. The van der Waals surface area contributed by atoms with Gasteiger partial charge in [-0.25, -0.2) is 4.98 Å². The first kappa shape index (κ1) is 6.62. The van der Waals surface area contributed by atoms with Gasteiger partial charge in [0.05, 0.1) is 6.33 Å². The van der Waals surface area contributed by atoms with Gasteiger partial charge in [0, 0.05) is 14.1 Å². The number of nitrogens with one attached hydrogen (secondary N) is 1. The number of nitriles is 1. The van der Waals surface area contributed by atoms with Crippen LogP contribution in [0.5, 0.6) is 0 Å². The van der Waals surface area contributed by atoms with Crippen LogP contribution >= 0.6 is 0 Å². The molecule has 0 fully saturated rings. The Balaban J connectivity index is 3.05. The molecule has 1 aromatic heterocycles. The fourth-order valence-corrected chi connectivity index (χ4v) is 0.708. The number of aromatic nitrogens is 2. The average molecular weight is 136 g/mol. The van der Waals surface area contributed by atoms with Crippen molar-refractivity contribution < 1.29 is 0 Å². The molecule has 1 heterocycles. The van der Waals surface area contributed by atoms with Gasteiger partial charge >= 0.3 is 0 Å². The van der Waals surface area contributed by atoms with E-state index in [2.05, 4.69) is 9.97 Å². The maximum atomic E-state index is 8.51. The van der Waals surface area contributed by atoms with Gasteiger partial charge in [0.2, 0.25) is 0 Å². The Morgan fingerprint density at radius 2 is 2.40 bits per heavy atom. The second kappa shape index (κ2) is 2.40. The minimum Gasteiger partial charge on any atom is -0.360 e. The SMILES string of the molecule is CN(C)c1nc[nH]c1C#N. The van der Waals surface area contributed by atoms with Gasteiger partial charge in [0.15, 0.2) is 11.5 Å². The summed E-state index contributed by atoms with van der Waals surface area (Å²) in [5.74, 6) is 0.683. The maximum Gasteiger partial charge on any atom is 0.164 e. The molecule has 4 heteroatoms. The smallest absolute Gasteiger partial charge is 0.164 e. The predicted octanol–water partition coefficient (Wildman–Crippen LogP) is 0.347. The molecular formula is C6H8N4. The third-order valence-electron chi connectivity index (χ3n) is 1.15. The van der Waals surface area contributed by atoms with Crippen LogP contribution in [0.15, 0.2) is 6.33 Å². The van der Waals surface area contributed by atoms with E-state index >= 15 is 0 Å². The number of hydrogen-bond donors (Lipinski definition) is 1. The summed E-state index contributed by atoms with van der Waals surface area (Å²) >= 11 is 0. The van der Waals surface area contributed by atoms with E-state index in [9.17, 15) is 0 Å². The molecule has 0 saturated heterocycles. The second-order valence-electron chi connectivity index (χ2n) is 2.11. The first-order chi connectivity index (χ1) is 4.75. The van der Waals surface area contributed by atoms with Crippen LogP contribution in [0.3, 0.4) is 0 Å². The van der Waals surface area contributed by atoms with E-state index in [0.717, 1.165) is 0 Å². The van der Waals surface area contributed by atoms with Gasteiger partial charge in [-0.1, -0.05) is 0 Å². The van der Waals surface area contributed by atoms with Crippen molar-refractivity contribution in [3.63, 3.8) is 0 Å². The van der Waals surface area contributed by atoms with E-state index in [1.165, 1.54) is 6.33 Å². The second-order valence-corrected chi connectivity index (χ2v) is 2.11. The minimum absolute atomic E-state index is 0.505. The Hall–Kier alpha value is -1.50. The van der Waals surface area contributed by atoms with Crippen molar-refractivity contribution in [3.05, 3.63) is 12.0 Å². The predicted molar refractivity (Wildman–Crippen MR) is 37.6 cm³/mol. The number of anilines is 1. The Bertz CT molecular complexity index is 255. The molecule has 0 saturated carbocycles. The lowest BCUT2D eigenvalue weighted by Crippen LogP contribution is -2.10. The van der Waals surface area contributed by atoms with Crippen LogP contribution in [-0.2, 0) is 0 Å². The highest BCUT2D eigenvalue weighted by molar-refractivity contribution is 5.48. The zero-order valence-electron chi connectivity index (χ0n) is 5.92. The standard InChI is InChI=1S/C6H8N4/c1-10(2)6-5(3-7)8-4-9-6/h4H,1-2H3,(H,8,9). The maximum absolute atomic E-state index is 8.51. The molecule has 0 aliphatic carbocycles. The molecule has 0 radical (unpaired) electrons. The topological polar surface area (TPSA) is 55.7 Å². The van der Waals surface area contributed by atoms with E-state index in [1.807, 2.05) is 20.2 Å². The van der Waals surface area contributed by atoms with Crippen molar-refractivity contribution in [1.29, 1.82) is 5.26 Å². The molecule has 0 atom stereocenters. The molecular weight excluding hydrogens is 128 g/mol. The quantitative estimate of drug-likeness (QED) is 0.606. The molecule has 52 valence electrons. The van der Waals surface area contributed by atoms with Crippen molar-refractivity contribution in [2.75, 3.05) is 19.0 Å². The number of aromatic amines is 1. The molecule has 10 heavy (non-hydrogen) atoms. The zero-order valence-corrected chi connectivity index (χ0v) is 5.92. The summed E-state index contributed by atoms with van der Waals surface area (Å²) in [6, 6.07) is 2.00. The summed E-state index contributed by atoms with van der Waals surface area (Å²) in [6.45, 7) is 0. The number of hydrogen-bond acceptors (Lipinski definition) is 3. The Kier molecular flexibility index (Phi) is 1.59. The van der Waals surface area contributed by atoms with Crippen molar-refractivity contribution in [3.8, 4) is 6.07 Å². The Labute approximate surface area is 59.1 Å². The van der Waals surface area contributed by atoms with E-state index < -0.39 is 0 Å². The van der Waals surface area contributed by atoms with E-state index in [-0.39, 0.29) is 0 Å². The normalized spacial score (nSPS) is 8.90. The third kappa shape index (κ3) is 0.935. The van der Waals surface area contributed by atoms with Crippen LogP contribution in [0, 0.1) is 11.3 Å². The number of H-pyrrole nitrogens is 1. The molecule has 4 nitrogen and oxygen atoms in total. The fraction of sp³-hybridized carbons (Fsp3) is 0.333. The van der Waals surface area contributed by atoms with Gasteiger partial charge in [-0.2, -0.15) is 5.26 Å². The lowest BCUT2D eigenvalue weighted by atomic mass is 10.4. The van der Waals surface area contributed by atoms with E-state index in [4.69, 9.17) is 5.26 Å². The molecule has 0 amide bonds. The van der Waals surface area contributed by atoms with Crippen LogP contribution in [0.1, 0.15) is 5.69 Å². The van der Waals surface area contributed by atoms with Crippen LogP contribution in [0.4, 0.5) is 5.82 Å². The number of imidazole rings is 1. The average Bonchev–Trinajstić information content (AvgIpc) is 2.33. The van der Waals surface area contributed by atoms with Crippen molar-refractivity contribution in [1.82, 2.24) is 9.97 Å². The minimum atomic E-state index is 0.505. The van der Waals surface area contributed by atoms with Crippen LogP contribution in [0.25, 0.3) is 0 Å². The summed E-state index contributed by atoms with van der Waals surface area (Å²) in [5, 5.41) is 8.51. The molecule has 0 aliphatic rings. The third-order valence-corrected chi connectivity index (χ3v) is 1.15. The summed E-state index contributed by atoms with van der Waals surface area (Å²) < 4.78 is 0. The first-order valence-electron chi connectivity index (χ1n) is 2.86. The molecule has 1 rings (SSSR count). The summed E-state index contributed by atoms with van der Waals surface area (Å²) in [5.41, 5.74) is 0.505. The number of nitrogens with zero attached hydrogens (tertiary/aromatic N) is 3. The molecule has 1 aromatic rings. The van der Waals surface area contributed by atoms with Gasteiger partial charge in [0.25, 0.3) is 0 Å². The van der Waals surface area contributed by atoms with Crippen LogP contribution in [-0.4, -0.2) is 24.1 Å². The molecule has 0 bridgehead atoms. The molecule has 1 N–H and O–H groups in total. The van der Waals surface area contributed by atoms with Crippen molar-refractivity contribution in [2.45, 2.75) is 0 Å². The van der Waals surface area contributed by atoms with E-state index in [1.54, 1.807) is 4.90 Å². The molecule has 0 aliphatic heterocycles. The van der Waals surface area contributed by atoms with Crippen LogP contribution in [0.2, 0.25) is 0 Å². The van der Waals surface area contributed by atoms with Gasteiger partial charge < -0.3 is 9.88 Å². The first-order valence-corrected chi connectivity index (χ1v) is 2.86. The van der Waals surface area contributed by atoms with E-state index in [0.29, 0.717) is 11.5 Å². The Morgan fingerprint density at radius 1 is 1.70 bits per heavy atom. The monoisotopic (exact) mass is 136 g/mol. The lowest BCUT2D eigenvalue weighted by Gasteiger charge is -2.06. The summed E-state index contributed by atoms with van der Waals surface area (Å²) in [7, 11) is 3.69. The highest BCUT2D eigenvalue weighted by atomic mass is 15.2.